The average molecular weight is 268 g/mol. The van der Waals surface area contributed by atoms with Crippen LogP contribution in [0.25, 0.3) is 0 Å². The molecule has 0 aromatic carbocycles. The molecule has 20 heavy (non-hydrogen) atoms. The Hall–Kier alpha value is -2.94. The molecule has 2 rings (SSSR count). The number of carbonyl (C=O) groups is 1. The molecule has 0 saturated carbocycles. The molecule has 0 atom stereocenters. The minimum atomic E-state index is -0.992. The van der Waals surface area contributed by atoms with Crippen molar-refractivity contribution in [3.63, 3.8) is 0 Å². The molecule has 0 bridgehead atoms. The van der Waals surface area contributed by atoms with Crippen molar-refractivity contribution in [2.45, 2.75) is 13.5 Å². The van der Waals surface area contributed by atoms with Gasteiger partial charge >= 0.3 is 5.97 Å². The largest absolute Gasteiger partial charge is 0.478 e. The maximum Gasteiger partial charge on any atom is 0.335 e. The minimum absolute atomic E-state index is 0.187. The second kappa shape index (κ2) is 5.80. The lowest BCUT2D eigenvalue weighted by atomic mass is 10.2. The molecule has 100 valence electrons. The topological polar surface area (TPSA) is 98.9 Å². The Balaban J connectivity index is 2.13. The van der Waals surface area contributed by atoms with Crippen LogP contribution >= 0.6 is 0 Å². The van der Waals surface area contributed by atoms with Crippen LogP contribution in [0.3, 0.4) is 0 Å². The first-order chi connectivity index (χ1) is 9.58. The van der Waals surface area contributed by atoms with Crippen LogP contribution in [0.5, 0.6) is 0 Å². The van der Waals surface area contributed by atoms with E-state index in [4.69, 9.17) is 10.4 Å². The molecule has 0 aliphatic heterocycles. The molecule has 0 spiro atoms. The summed E-state index contributed by atoms with van der Waals surface area (Å²) in [6.45, 7) is 2.14. The summed E-state index contributed by atoms with van der Waals surface area (Å²) in [4.78, 5) is 19.2. The molecule has 0 unspecified atom stereocenters. The highest BCUT2D eigenvalue weighted by Gasteiger charge is 2.05. The van der Waals surface area contributed by atoms with Crippen LogP contribution in [0.15, 0.2) is 30.5 Å². The van der Waals surface area contributed by atoms with Crippen molar-refractivity contribution >= 4 is 11.8 Å². The Morgan fingerprint density at radius 3 is 2.95 bits per heavy atom. The second-order valence-corrected chi connectivity index (χ2v) is 4.19. The number of nitrogens with zero attached hydrogens (tertiary/aromatic N) is 3. The van der Waals surface area contributed by atoms with Crippen LogP contribution in [0.2, 0.25) is 0 Å². The average Bonchev–Trinajstić information content (AvgIpc) is 2.44. The quantitative estimate of drug-likeness (QED) is 0.879. The van der Waals surface area contributed by atoms with Crippen LogP contribution < -0.4 is 5.32 Å². The second-order valence-electron chi connectivity index (χ2n) is 4.19. The fourth-order valence-corrected chi connectivity index (χ4v) is 1.71. The normalized spacial score (nSPS) is 9.80. The van der Waals surface area contributed by atoms with Crippen molar-refractivity contribution < 1.29 is 9.90 Å². The Bertz CT molecular complexity index is 692. The summed E-state index contributed by atoms with van der Waals surface area (Å²) in [7, 11) is 0. The highest BCUT2D eigenvalue weighted by atomic mass is 16.4. The highest BCUT2D eigenvalue weighted by molar-refractivity contribution is 5.87. The summed E-state index contributed by atoms with van der Waals surface area (Å²) in [5.74, 6) is -0.432. The molecular formula is C14H12N4O2. The van der Waals surface area contributed by atoms with Crippen molar-refractivity contribution in [2.24, 2.45) is 0 Å². The molecule has 6 heteroatoms. The van der Waals surface area contributed by atoms with Gasteiger partial charge in [0.25, 0.3) is 0 Å². The molecule has 0 amide bonds. The maximum absolute atomic E-state index is 10.9. The zero-order chi connectivity index (χ0) is 14.5. The molecule has 2 aromatic heterocycles. The third kappa shape index (κ3) is 3.29. The third-order valence-electron chi connectivity index (χ3n) is 2.60. The van der Waals surface area contributed by atoms with Crippen LogP contribution in [-0.2, 0) is 6.54 Å². The summed E-state index contributed by atoms with van der Waals surface area (Å²) in [6.07, 6.45) is 1.45. The first kappa shape index (κ1) is 13.5. The minimum Gasteiger partial charge on any atom is -0.478 e. The van der Waals surface area contributed by atoms with E-state index in [-0.39, 0.29) is 5.56 Å². The van der Waals surface area contributed by atoms with E-state index in [0.29, 0.717) is 23.6 Å². The zero-order valence-electron chi connectivity index (χ0n) is 10.8. The van der Waals surface area contributed by atoms with E-state index in [1.54, 1.807) is 19.1 Å². The molecule has 6 nitrogen and oxygen atoms in total. The lowest BCUT2D eigenvalue weighted by Gasteiger charge is -2.07. The van der Waals surface area contributed by atoms with Gasteiger partial charge in [-0.3, -0.25) is 4.98 Å². The molecule has 0 fully saturated rings. The molecule has 2 N–H and O–H groups in total. The standard InChI is InChI=1S/C14H12N4O2/c1-9-4-10(7-15)5-13(18-9)17-8-12-6-11(14(19)20)2-3-16-12/h2-6H,8H2,1H3,(H,17,18)(H,19,20). The zero-order valence-corrected chi connectivity index (χ0v) is 10.8. The van der Waals surface area contributed by atoms with E-state index >= 15 is 0 Å². The Kier molecular flexibility index (Phi) is 3.91. The van der Waals surface area contributed by atoms with Crippen LogP contribution in [-0.4, -0.2) is 21.0 Å². The van der Waals surface area contributed by atoms with Gasteiger partial charge in [0.15, 0.2) is 0 Å². The summed E-state index contributed by atoms with van der Waals surface area (Å²) in [5.41, 5.74) is 2.03. The van der Waals surface area contributed by atoms with Gasteiger partial charge in [-0.2, -0.15) is 5.26 Å². The summed E-state index contributed by atoms with van der Waals surface area (Å²) in [6, 6.07) is 8.31. The number of hydrogen-bond donors (Lipinski definition) is 2. The third-order valence-corrected chi connectivity index (χ3v) is 2.60. The number of pyridine rings is 2. The van der Waals surface area contributed by atoms with E-state index in [1.165, 1.54) is 18.3 Å². The number of nitrogens with one attached hydrogen (secondary N) is 1. The fraction of sp³-hybridized carbons (Fsp3) is 0.143. The van der Waals surface area contributed by atoms with E-state index in [9.17, 15) is 4.79 Å². The van der Waals surface area contributed by atoms with Gasteiger partial charge in [-0.1, -0.05) is 0 Å². The number of nitriles is 1. The smallest absolute Gasteiger partial charge is 0.335 e. The van der Waals surface area contributed by atoms with Gasteiger partial charge in [0, 0.05) is 11.9 Å². The number of aromatic nitrogens is 2. The summed E-state index contributed by atoms with van der Waals surface area (Å²) < 4.78 is 0. The van der Waals surface area contributed by atoms with Gasteiger partial charge in [0.05, 0.1) is 29.4 Å². The number of rotatable bonds is 4. The SMILES string of the molecule is Cc1cc(C#N)cc(NCc2cc(C(=O)O)ccn2)n1. The monoisotopic (exact) mass is 268 g/mol. The molecule has 0 saturated heterocycles. The van der Waals surface area contributed by atoms with Gasteiger partial charge in [-0.25, -0.2) is 9.78 Å². The predicted molar refractivity (Wildman–Crippen MR) is 72.2 cm³/mol. The van der Waals surface area contributed by atoms with E-state index < -0.39 is 5.97 Å². The van der Waals surface area contributed by atoms with E-state index in [0.717, 1.165) is 5.69 Å². The van der Waals surface area contributed by atoms with Gasteiger partial charge in [0.1, 0.15) is 5.82 Å². The fourth-order valence-electron chi connectivity index (χ4n) is 1.71. The summed E-state index contributed by atoms with van der Waals surface area (Å²) in [5, 5.41) is 20.8. The predicted octanol–water partition coefficient (Wildman–Crippen LogP) is 1.97. The number of hydrogen-bond acceptors (Lipinski definition) is 5. The van der Waals surface area contributed by atoms with Crippen LogP contribution in [0.1, 0.15) is 27.3 Å². The molecular weight excluding hydrogens is 256 g/mol. The maximum atomic E-state index is 10.9. The van der Waals surface area contributed by atoms with E-state index in [2.05, 4.69) is 21.4 Å². The van der Waals surface area contributed by atoms with Gasteiger partial charge in [-0.15, -0.1) is 0 Å². The molecule has 0 radical (unpaired) electrons. The van der Waals surface area contributed by atoms with Crippen LogP contribution in [0.4, 0.5) is 5.82 Å². The summed E-state index contributed by atoms with van der Waals surface area (Å²) >= 11 is 0. The van der Waals surface area contributed by atoms with Gasteiger partial charge < -0.3 is 10.4 Å². The van der Waals surface area contributed by atoms with Crippen molar-refractivity contribution in [3.8, 4) is 6.07 Å². The van der Waals surface area contributed by atoms with Crippen molar-refractivity contribution in [2.75, 3.05) is 5.32 Å². The highest BCUT2D eigenvalue weighted by Crippen LogP contribution is 2.11. The van der Waals surface area contributed by atoms with Crippen molar-refractivity contribution in [1.82, 2.24) is 9.97 Å². The molecule has 2 aromatic rings. The molecule has 0 aliphatic rings. The van der Waals surface area contributed by atoms with Crippen molar-refractivity contribution in [1.29, 1.82) is 5.26 Å². The van der Waals surface area contributed by atoms with Gasteiger partial charge in [0.2, 0.25) is 0 Å². The van der Waals surface area contributed by atoms with Crippen LogP contribution in [0, 0.1) is 18.3 Å². The number of aromatic carboxylic acids is 1. The lowest BCUT2D eigenvalue weighted by molar-refractivity contribution is 0.0696. The number of anilines is 1. The van der Waals surface area contributed by atoms with Crippen molar-refractivity contribution in [3.05, 3.63) is 53.0 Å². The van der Waals surface area contributed by atoms with E-state index in [1.807, 2.05) is 0 Å². The Morgan fingerprint density at radius 1 is 1.45 bits per heavy atom. The number of aryl methyl sites for hydroxylation is 1. The Labute approximate surface area is 115 Å². The van der Waals surface area contributed by atoms with Gasteiger partial charge in [-0.05, 0) is 31.2 Å². The Morgan fingerprint density at radius 2 is 2.25 bits per heavy atom. The lowest BCUT2D eigenvalue weighted by Crippen LogP contribution is -2.06. The first-order valence-electron chi connectivity index (χ1n) is 5.89. The molecule has 2 heterocycles. The molecule has 0 aliphatic carbocycles. The number of carboxylic acid groups (broad SMARTS) is 1. The number of carboxylic acids is 1. The first-order valence-corrected chi connectivity index (χ1v) is 5.89.